The van der Waals surface area contributed by atoms with Crippen LogP contribution in [0.4, 0.5) is 4.79 Å². The Balaban J connectivity index is 1.41. The maximum absolute atomic E-state index is 12.3. The lowest BCUT2D eigenvalue weighted by Crippen LogP contribution is -2.58. The standard InChI is InChI=1S/C19H35N5O3/c1-15(13-22-7-9-26-10-8-22)11-20-17-21-12-16-14-23(5-6-24(16)17)18(25)27-19(2,3)4/h15-16H,5-14H2,1-4H3,(H,20,21). The second-order valence-electron chi connectivity index (χ2n) is 8.84. The predicted molar refractivity (Wildman–Crippen MR) is 105 cm³/mol. The van der Waals surface area contributed by atoms with Crippen LogP contribution in [-0.2, 0) is 9.47 Å². The third-order valence-electron chi connectivity index (χ3n) is 5.14. The summed E-state index contributed by atoms with van der Waals surface area (Å²) in [6, 6.07) is 0.253. The summed E-state index contributed by atoms with van der Waals surface area (Å²) >= 11 is 0. The second-order valence-corrected chi connectivity index (χ2v) is 8.84. The molecule has 0 aromatic heterocycles. The largest absolute Gasteiger partial charge is 0.444 e. The number of nitrogens with zero attached hydrogens (tertiary/aromatic N) is 4. The van der Waals surface area contributed by atoms with E-state index in [1.54, 1.807) is 0 Å². The number of rotatable bonds is 4. The van der Waals surface area contributed by atoms with Crippen molar-refractivity contribution in [1.29, 1.82) is 0 Å². The van der Waals surface area contributed by atoms with Crippen molar-refractivity contribution < 1.29 is 14.3 Å². The Morgan fingerprint density at radius 1 is 1.30 bits per heavy atom. The zero-order chi connectivity index (χ0) is 19.4. The number of hydrogen-bond acceptors (Lipinski definition) is 7. The molecule has 1 amide bonds. The monoisotopic (exact) mass is 381 g/mol. The zero-order valence-corrected chi connectivity index (χ0v) is 17.2. The average molecular weight is 382 g/mol. The molecule has 2 atom stereocenters. The van der Waals surface area contributed by atoms with Crippen LogP contribution >= 0.6 is 0 Å². The summed E-state index contributed by atoms with van der Waals surface area (Å²) in [5.41, 5.74) is -0.455. The first kappa shape index (κ1) is 20.2. The molecule has 8 heteroatoms. The maximum Gasteiger partial charge on any atom is 0.410 e. The van der Waals surface area contributed by atoms with Gasteiger partial charge in [-0.1, -0.05) is 6.92 Å². The van der Waals surface area contributed by atoms with Gasteiger partial charge < -0.3 is 24.6 Å². The van der Waals surface area contributed by atoms with Gasteiger partial charge in [0.25, 0.3) is 0 Å². The Bertz CT molecular complexity index is 542. The highest BCUT2D eigenvalue weighted by atomic mass is 16.6. The van der Waals surface area contributed by atoms with Gasteiger partial charge in [0.2, 0.25) is 0 Å². The lowest BCUT2D eigenvalue weighted by Gasteiger charge is -2.39. The predicted octanol–water partition coefficient (Wildman–Crippen LogP) is 0.835. The van der Waals surface area contributed by atoms with Gasteiger partial charge >= 0.3 is 6.09 Å². The van der Waals surface area contributed by atoms with Crippen molar-refractivity contribution in [2.24, 2.45) is 10.9 Å². The van der Waals surface area contributed by atoms with Gasteiger partial charge in [-0.15, -0.1) is 0 Å². The van der Waals surface area contributed by atoms with E-state index in [0.717, 1.165) is 58.4 Å². The molecule has 2 fully saturated rings. The number of aliphatic imine (C=N–C) groups is 1. The molecule has 0 aliphatic carbocycles. The summed E-state index contributed by atoms with van der Waals surface area (Å²) in [4.78, 5) is 23.6. The number of hydrogen-bond donors (Lipinski definition) is 1. The summed E-state index contributed by atoms with van der Waals surface area (Å²) in [6.45, 7) is 16.6. The highest BCUT2D eigenvalue weighted by Crippen LogP contribution is 2.18. The van der Waals surface area contributed by atoms with E-state index in [0.29, 0.717) is 19.0 Å². The third-order valence-corrected chi connectivity index (χ3v) is 5.14. The molecule has 154 valence electrons. The number of carbonyl (C=O) groups is 1. The minimum atomic E-state index is -0.455. The minimum absolute atomic E-state index is 0.220. The molecule has 27 heavy (non-hydrogen) atoms. The van der Waals surface area contributed by atoms with Gasteiger partial charge in [0.1, 0.15) is 5.60 Å². The molecule has 0 aromatic carbocycles. The molecule has 3 aliphatic rings. The number of morpholine rings is 1. The van der Waals surface area contributed by atoms with Gasteiger partial charge in [0, 0.05) is 45.8 Å². The van der Waals surface area contributed by atoms with E-state index in [4.69, 9.17) is 9.47 Å². The lowest BCUT2D eigenvalue weighted by atomic mass is 10.1. The molecule has 0 bridgehead atoms. The van der Waals surface area contributed by atoms with Gasteiger partial charge in [0.15, 0.2) is 5.96 Å². The molecule has 0 radical (unpaired) electrons. The van der Waals surface area contributed by atoms with Crippen molar-refractivity contribution in [3.8, 4) is 0 Å². The summed E-state index contributed by atoms with van der Waals surface area (Å²) < 4.78 is 10.9. The number of fused-ring (bicyclic) bond motifs is 1. The van der Waals surface area contributed by atoms with Gasteiger partial charge in [-0.05, 0) is 26.7 Å². The topological polar surface area (TPSA) is 69.6 Å². The van der Waals surface area contributed by atoms with Crippen molar-refractivity contribution in [1.82, 2.24) is 20.0 Å². The molecule has 2 saturated heterocycles. The Morgan fingerprint density at radius 2 is 2.04 bits per heavy atom. The van der Waals surface area contributed by atoms with Crippen molar-refractivity contribution in [3.05, 3.63) is 0 Å². The van der Waals surface area contributed by atoms with E-state index in [1.165, 1.54) is 0 Å². The Labute approximate surface area is 162 Å². The normalized spacial score (nSPS) is 25.0. The number of carbonyl (C=O) groups excluding carboxylic acids is 1. The Hall–Kier alpha value is -1.54. The van der Waals surface area contributed by atoms with E-state index >= 15 is 0 Å². The summed E-state index contributed by atoms with van der Waals surface area (Å²) in [5.74, 6) is 1.53. The summed E-state index contributed by atoms with van der Waals surface area (Å²) in [6.07, 6.45) is -0.220. The van der Waals surface area contributed by atoms with Crippen LogP contribution < -0.4 is 5.32 Å². The molecule has 1 N–H and O–H groups in total. The lowest BCUT2D eigenvalue weighted by molar-refractivity contribution is 0.0137. The number of guanidine groups is 1. The first-order valence-corrected chi connectivity index (χ1v) is 10.1. The molecule has 8 nitrogen and oxygen atoms in total. The average Bonchev–Trinajstić information content (AvgIpc) is 3.01. The van der Waals surface area contributed by atoms with E-state index in [2.05, 4.69) is 27.0 Å². The Kier molecular flexibility index (Phi) is 6.47. The van der Waals surface area contributed by atoms with Crippen LogP contribution in [-0.4, -0.2) is 104 Å². The zero-order valence-electron chi connectivity index (χ0n) is 17.2. The number of nitrogens with one attached hydrogen (secondary N) is 1. The molecule has 2 unspecified atom stereocenters. The second kappa shape index (κ2) is 8.65. The minimum Gasteiger partial charge on any atom is -0.444 e. The molecule has 0 spiro atoms. The van der Waals surface area contributed by atoms with Gasteiger partial charge in [-0.3, -0.25) is 9.89 Å². The van der Waals surface area contributed by atoms with Crippen molar-refractivity contribution >= 4 is 12.1 Å². The fraction of sp³-hybridized carbons (Fsp3) is 0.895. The van der Waals surface area contributed by atoms with Crippen LogP contribution in [0.25, 0.3) is 0 Å². The van der Waals surface area contributed by atoms with Crippen LogP contribution in [0.2, 0.25) is 0 Å². The third kappa shape index (κ3) is 5.72. The summed E-state index contributed by atoms with van der Waals surface area (Å²) in [5, 5.41) is 3.54. The molecular weight excluding hydrogens is 346 g/mol. The number of piperazine rings is 1. The van der Waals surface area contributed by atoms with Crippen LogP contribution in [0.15, 0.2) is 4.99 Å². The molecule has 3 rings (SSSR count). The van der Waals surface area contributed by atoms with Crippen LogP contribution in [0, 0.1) is 5.92 Å². The fourth-order valence-electron chi connectivity index (χ4n) is 3.78. The van der Waals surface area contributed by atoms with E-state index in [-0.39, 0.29) is 12.1 Å². The molecule has 0 aromatic rings. The van der Waals surface area contributed by atoms with Gasteiger partial charge in [0.05, 0.1) is 25.8 Å². The van der Waals surface area contributed by atoms with E-state index in [1.807, 2.05) is 25.7 Å². The van der Waals surface area contributed by atoms with Gasteiger partial charge in [-0.2, -0.15) is 0 Å². The highest BCUT2D eigenvalue weighted by molar-refractivity contribution is 5.82. The number of ether oxygens (including phenoxy) is 2. The molecule has 3 aliphatic heterocycles. The van der Waals surface area contributed by atoms with E-state index in [9.17, 15) is 4.79 Å². The molecular formula is C19H35N5O3. The quantitative estimate of drug-likeness (QED) is 0.778. The smallest absolute Gasteiger partial charge is 0.410 e. The SMILES string of the molecule is CC(CNC1=NCC2CN(C(=O)OC(C)(C)C)CCN12)CN1CCOCC1. The fourth-order valence-corrected chi connectivity index (χ4v) is 3.78. The van der Waals surface area contributed by atoms with Crippen LogP contribution in [0.5, 0.6) is 0 Å². The van der Waals surface area contributed by atoms with Crippen molar-refractivity contribution in [2.75, 3.05) is 65.6 Å². The van der Waals surface area contributed by atoms with Gasteiger partial charge in [-0.25, -0.2) is 4.79 Å². The van der Waals surface area contributed by atoms with E-state index < -0.39 is 5.60 Å². The van der Waals surface area contributed by atoms with Crippen molar-refractivity contribution in [3.63, 3.8) is 0 Å². The first-order valence-electron chi connectivity index (χ1n) is 10.1. The maximum atomic E-state index is 12.3. The van der Waals surface area contributed by atoms with Crippen LogP contribution in [0.3, 0.4) is 0 Å². The van der Waals surface area contributed by atoms with Crippen molar-refractivity contribution in [2.45, 2.75) is 39.3 Å². The highest BCUT2D eigenvalue weighted by Gasteiger charge is 2.36. The van der Waals surface area contributed by atoms with Crippen LogP contribution in [0.1, 0.15) is 27.7 Å². The molecule has 0 saturated carbocycles. The first-order chi connectivity index (χ1) is 12.8. The number of amides is 1. The summed E-state index contributed by atoms with van der Waals surface area (Å²) in [7, 11) is 0. The Morgan fingerprint density at radius 3 is 2.74 bits per heavy atom. The molecule has 3 heterocycles.